The molecule has 0 aliphatic carbocycles. The molecule has 1 atom stereocenters. The summed E-state index contributed by atoms with van der Waals surface area (Å²) in [6.07, 6.45) is 1.46. The van der Waals surface area contributed by atoms with Crippen LogP contribution in [0.5, 0.6) is 5.75 Å². The number of hydrogen-bond donors (Lipinski definition) is 1. The molecule has 0 unspecified atom stereocenters. The van der Waals surface area contributed by atoms with Crippen molar-refractivity contribution in [1.82, 2.24) is 14.8 Å². The molecule has 39 heavy (non-hydrogen) atoms. The standard InChI is InChI=1S/C31H38N4O4/c1-21-17-25(24-9-13-27(38-6)14-10-24)18-32-28(21)29(36)33-26-11-7-23(8-12-26)20-34-15-16-35(22(2)19-34)30(37)39-31(3,4)5/h7-14,17-18,22H,15-16,19-20H2,1-6H3,(H,33,36)/t22-/m0/s1. The largest absolute Gasteiger partial charge is 0.497 e. The summed E-state index contributed by atoms with van der Waals surface area (Å²) in [4.78, 5) is 34.0. The van der Waals surface area contributed by atoms with Gasteiger partial charge in [-0.2, -0.15) is 0 Å². The molecular formula is C31H38N4O4. The highest BCUT2D eigenvalue weighted by Gasteiger charge is 2.30. The van der Waals surface area contributed by atoms with E-state index < -0.39 is 5.60 Å². The summed E-state index contributed by atoms with van der Waals surface area (Å²) in [5, 5.41) is 2.96. The number of rotatable bonds is 6. The van der Waals surface area contributed by atoms with Gasteiger partial charge >= 0.3 is 6.09 Å². The van der Waals surface area contributed by atoms with Crippen molar-refractivity contribution in [3.05, 3.63) is 77.6 Å². The minimum atomic E-state index is -0.499. The van der Waals surface area contributed by atoms with Crippen molar-refractivity contribution >= 4 is 17.7 Å². The first-order valence-electron chi connectivity index (χ1n) is 13.3. The van der Waals surface area contributed by atoms with Crippen LogP contribution < -0.4 is 10.1 Å². The van der Waals surface area contributed by atoms with E-state index >= 15 is 0 Å². The molecule has 0 spiro atoms. The molecule has 0 saturated carbocycles. The first-order chi connectivity index (χ1) is 18.5. The van der Waals surface area contributed by atoms with Gasteiger partial charge in [-0.25, -0.2) is 4.79 Å². The summed E-state index contributed by atoms with van der Waals surface area (Å²) < 4.78 is 10.8. The van der Waals surface area contributed by atoms with Gasteiger partial charge in [0.25, 0.3) is 5.91 Å². The van der Waals surface area contributed by atoms with E-state index in [0.717, 1.165) is 47.6 Å². The minimum absolute atomic E-state index is 0.0685. The fraction of sp³-hybridized carbons (Fsp3) is 0.387. The van der Waals surface area contributed by atoms with E-state index in [1.165, 1.54) is 0 Å². The molecular weight excluding hydrogens is 492 g/mol. The van der Waals surface area contributed by atoms with Gasteiger partial charge < -0.3 is 19.7 Å². The number of aromatic nitrogens is 1. The van der Waals surface area contributed by atoms with Gasteiger partial charge in [0.15, 0.2) is 0 Å². The Labute approximate surface area is 230 Å². The number of pyridine rings is 1. The lowest BCUT2D eigenvalue weighted by atomic mass is 10.0. The van der Waals surface area contributed by atoms with E-state index in [2.05, 4.69) is 15.2 Å². The average molecular weight is 531 g/mol. The zero-order chi connectivity index (χ0) is 28.2. The van der Waals surface area contributed by atoms with Gasteiger partial charge in [0.05, 0.1) is 7.11 Å². The monoisotopic (exact) mass is 530 g/mol. The molecule has 8 heteroatoms. The molecule has 1 aliphatic heterocycles. The van der Waals surface area contributed by atoms with E-state index in [1.54, 1.807) is 18.2 Å². The number of amides is 2. The molecule has 0 radical (unpaired) electrons. The molecule has 1 saturated heterocycles. The van der Waals surface area contributed by atoms with Crippen molar-refractivity contribution in [1.29, 1.82) is 0 Å². The van der Waals surface area contributed by atoms with E-state index in [-0.39, 0.29) is 18.0 Å². The highest BCUT2D eigenvalue weighted by atomic mass is 16.6. The summed E-state index contributed by atoms with van der Waals surface area (Å²) in [6.45, 7) is 12.5. The summed E-state index contributed by atoms with van der Waals surface area (Å²) in [6, 6.07) is 17.6. The lowest BCUT2D eigenvalue weighted by molar-refractivity contribution is 0.000551. The van der Waals surface area contributed by atoms with Crippen LogP contribution in [0.2, 0.25) is 0 Å². The van der Waals surface area contributed by atoms with Crippen molar-refractivity contribution in [3.8, 4) is 16.9 Å². The maximum absolute atomic E-state index is 12.9. The smallest absolute Gasteiger partial charge is 0.410 e. The second-order valence-electron chi connectivity index (χ2n) is 11.0. The Kier molecular flexibility index (Phi) is 8.55. The number of carbonyl (C=O) groups is 2. The Morgan fingerprint density at radius 3 is 2.31 bits per heavy atom. The van der Waals surface area contributed by atoms with Gasteiger partial charge in [0.1, 0.15) is 17.0 Å². The molecule has 2 aromatic carbocycles. The lowest BCUT2D eigenvalue weighted by Crippen LogP contribution is -2.54. The third-order valence-corrected chi connectivity index (χ3v) is 6.67. The fourth-order valence-corrected chi connectivity index (χ4v) is 4.66. The number of aryl methyl sites for hydroxylation is 1. The molecule has 1 aliphatic rings. The minimum Gasteiger partial charge on any atom is -0.497 e. The molecule has 1 fully saturated rings. The summed E-state index contributed by atoms with van der Waals surface area (Å²) >= 11 is 0. The SMILES string of the molecule is COc1ccc(-c2cnc(C(=O)Nc3ccc(CN4CCN(C(=O)OC(C)(C)C)[C@@H](C)C4)cc3)c(C)c2)cc1. The average Bonchev–Trinajstić information content (AvgIpc) is 2.88. The summed E-state index contributed by atoms with van der Waals surface area (Å²) in [5.41, 5.74) is 4.51. The van der Waals surface area contributed by atoms with Crippen LogP contribution >= 0.6 is 0 Å². The number of anilines is 1. The van der Waals surface area contributed by atoms with Crippen molar-refractivity contribution in [2.45, 2.75) is 52.8 Å². The zero-order valence-corrected chi connectivity index (χ0v) is 23.7. The quantitative estimate of drug-likeness (QED) is 0.436. The molecule has 0 bridgehead atoms. The predicted molar refractivity (Wildman–Crippen MR) is 153 cm³/mol. The highest BCUT2D eigenvalue weighted by molar-refractivity contribution is 6.04. The van der Waals surface area contributed by atoms with E-state index in [4.69, 9.17) is 9.47 Å². The second kappa shape index (κ2) is 11.9. The molecule has 4 rings (SSSR count). The van der Waals surface area contributed by atoms with Gasteiger partial charge in [-0.15, -0.1) is 0 Å². The van der Waals surface area contributed by atoms with Crippen LogP contribution in [0.25, 0.3) is 11.1 Å². The first-order valence-corrected chi connectivity index (χ1v) is 13.3. The highest BCUT2D eigenvalue weighted by Crippen LogP contribution is 2.24. The number of piperazine rings is 1. The molecule has 8 nitrogen and oxygen atoms in total. The number of hydrogen-bond acceptors (Lipinski definition) is 6. The van der Waals surface area contributed by atoms with Crippen LogP contribution in [0.1, 0.15) is 49.3 Å². The molecule has 206 valence electrons. The Morgan fingerprint density at radius 2 is 1.72 bits per heavy atom. The third-order valence-electron chi connectivity index (χ3n) is 6.67. The van der Waals surface area contributed by atoms with Crippen LogP contribution in [0.15, 0.2) is 60.8 Å². The number of ether oxygens (including phenoxy) is 2. The maximum atomic E-state index is 12.9. The Bertz CT molecular complexity index is 1300. The second-order valence-corrected chi connectivity index (χ2v) is 11.0. The van der Waals surface area contributed by atoms with Crippen LogP contribution in [0.3, 0.4) is 0 Å². The van der Waals surface area contributed by atoms with Gasteiger partial charge in [-0.3, -0.25) is 14.7 Å². The summed E-state index contributed by atoms with van der Waals surface area (Å²) in [7, 11) is 1.64. The van der Waals surface area contributed by atoms with Gasteiger partial charge in [0, 0.05) is 49.7 Å². The van der Waals surface area contributed by atoms with Gasteiger partial charge in [0.2, 0.25) is 0 Å². The lowest BCUT2D eigenvalue weighted by Gasteiger charge is -2.40. The molecule has 1 N–H and O–H groups in total. The van der Waals surface area contributed by atoms with Crippen LogP contribution in [-0.2, 0) is 11.3 Å². The Morgan fingerprint density at radius 1 is 1.03 bits per heavy atom. The van der Waals surface area contributed by atoms with Gasteiger partial charge in [-0.1, -0.05) is 24.3 Å². The molecule has 3 aromatic rings. The summed E-state index contributed by atoms with van der Waals surface area (Å²) in [5.74, 6) is 0.550. The number of benzene rings is 2. The number of methoxy groups -OCH3 is 1. The Balaban J connectivity index is 1.32. The number of nitrogens with zero attached hydrogens (tertiary/aromatic N) is 3. The van der Waals surface area contributed by atoms with E-state index in [9.17, 15) is 9.59 Å². The van der Waals surface area contributed by atoms with Crippen LogP contribution in [0.4, 0.5) is 10.5 Å². The van der Waals surface area contributed by atoms with Crippen molar-refractivity contribution in [2.75, 3.05) is 32.1 Å². The van der Waals surface area contributed by atoms with Crippen molar-refractivity contribution < 1.29 is 19.1 Å². The zero-order valence-electron chi connectivity index (χ0n) is 23.7. The van der Waals surface area contributed by atoms with E-state index in [0.29, 0.717) is 17.9 Å². The van der Waals surface area contributed by atoms with Gasteiger partial charge in [-0.05, 0) is 81.6 Å². The van der Waals surface area contributed by atoms with Crippen LogP contribution in [0, 0.1) is 6.92 Å². The number of carbonyl (C=O) groups excluding carboxylic acids is 2. The van der Waals surface area contributed by atoms with Crippen molar-refractivity contribution in [3.63, 3.8) is 0 Å². The van der Waals surface area contributed by atoms with Crippen molar-refractivity contribution in [2.24, 2.45) is 0 Å². The molecule has 2 amide bonds. The predicted octanol–water partition coefficient (Wildman–Crippen LogP) is 5.76. The fourth-order valence-electron chi connectivity index (χ4n) is 4.66. The third kappa shape index (κ3) is 7.35. The molecule has 1 aromatic heterocycles. The first kappa shape index (κ1) is 28.1. The molecule has 2 heterocycles. The van der Waals surface area contributed by atoms with Crippen LogP contribution in [-0.4, -0.2) is 65.2 Å². The maximum Gasteiger partial charge on any atom is 0.410 e. The Hall–Kier alpha value is -3.91. The normalized spacial score (nSPS) is 16.1. The van der Waals surface area contributed by atoms with E-state index in [1.807, 2.05) is 89.2 Å². The number of nitrogens with one attached hydrogen (secondary N) is 1. The topological polar surface area (TPSA) is 84.0 Å².